The van der Waals surface area contributed by atoms with E-state index in [-0.39, 0.29) is 11.6 Å². The van der Waals surface area contributed by atoms with Crippen molar-refractivity contribution in [1.29, 1.82) is 0 Å². The van der Waals surface area contributed by atoms with E-state index in [9.17, 15) is 9.59 Å². The number of amides is 1. The maximum absolute atomic E-state index is 12.6. The minimum Gasteiger partial charge on any atom is -0.353 e. The van der Waals surface area contributed by atoms with Crippen molar-refractivity contribution in [2.75, 3.05) is 31.1 Å². The van der Waals surface area contributed by atoms with Crippen molar-refractivity contribution in [1.82, 2.24) is 19.9 Å². The number of fused-ring (bicyclic) bond motifs is 1. The summed E-state index contributed by atoms with van der Waals surface area (Å²) < 4.78 is 0. The zero-order chi connectivity index (χ0) is 17.2. The van der Waals surface area contributed by atoms with Gasteiger partial charge in [-0.2, -0.15) is 0 Å². The number of nitrogens with one attached hydrogen (secondary N) is 2. The standard InChI is InChI=1S/C18H19N5O2/c24-17(12-13-4-5-14-15(11-13)21-18(25)20-14)23-9-7-22(8-10-23)16-3-1-2-6-19-16/h1-6,11H,7-10,12H2,(H2,20,21,25). The zero-order valence-corrected chi connectivity index (χ0v) is 13.7. The zero-order valence-electron chi connectivity index (χ0n) is 13.7. The van der Waals surface area contributed by atoms with Crippen molar-refractivity contribution < 1.29 is 4.79 Å². The van der Waals surface area contributed by atoms with E-state index in [1.54, 1.807) is 6.20 Å². The predicted molar refractivity (Wildman–Crippen MR) is 95.7 cm³/mol. The van der Waals surface area contributed by atoms with Gasteiger partial charge in [0.1, 0.15) is 5.82 Å². The molecule has 0 aliphatic carbocycles. The molecule has 1 aliphatic rings. The summed E-state index contributed by atoms with van der Waals surface area (Å²) in [4.78, 5) is 37.8. The van der Waals surface area contributed by atoms with Gasteiger partial charge >= 0.3 is 5.69 Å². The lowest BCUT2D eigenvalue weighted by atomic mass is 10.1. The molecule has 7 nitrogen and oxygen atoms in total. The smallest absolute Gasteiger partial charge is 0.323 e. The number of aromatic amines is 2. The molecule has 128 valence electrons. The Bertz CT molecular complexity index is 939. The van der Waals surface area contributed by atoms with Crippen LogP contribution in [0.15, 0.2) is 47.4 Å². The molecule has 1 aromatic carbocycles. The Morgan fingerprint density at radius 1 is 1.04 bits per heavy atom. The second kappa shape index (κ2) is 6.43. The van der Waals surface area contributed by atoms with E-state index in [2.05, 4.69) is 19.9 Å². The van der Waals surface area contributed by atoms with E-state index in [0.717, 1.165) is 35.5 Å². The molecule has 1 aliphatic heterocycles. The molecule has 1 amide bonds. The molecule has 0 saturated carbocycles. The van der Waals surface area contributed by atoms with Gasteiger partial charge in [0, 0.05) is 32.4 Å². The van der Waals surface area contributed by atoms with E-state index in [0.29, 0.717) is 19.5 Å². The summed E-state index contributed by atoms with van der Waals surface area (Å²) in [7, 11) is 0. The van der Waals surface area contributed by atoms with E-state index in [1.165, 1.54) is 0 Å². The van der Waals surface area contributed by atoms with Crippen LogP contribution in [0.5, 0.6) is 0 Å². The van der Waals surface area contributed by atoms with Crippen LogP contribution in [-0.2, 0) is 11.2 Å². The maximum Gasteiger partial charge on any atom is 0.323 e. The number of H-pyrrole nitrogens is 2. The largest absolute Gasteiger partial charge is 0.353 e. The molecule has 25 heavy (non-hydrogen) atoms. The summed E-state index contributed by atoms with van der Waals surface area (Å²) >= 11 is 0. The minimum absolute atomic E-state index is 0.109. The van der Waals surface area contributed by atoms with Crippen LogP contribution in [0.1, 0.15) is 5.56 Å². The number of nitrogens with zero attached hydrogens (tertiary/aromatic N) is 3. The molecule has 7 heteroatoms. The Hall–Kier alpha value is -3.09. The van der Waals surface area contributed by atoms with Crippen molar-refractivity contribution >= 4 is 22.8 Å². The van der Waals surface area contributed by atoms with E-state index < -0.39 is 0 Å². The van der Waals surface area contributed by atoms with Crippen molar-refractivity contribution in [3.8, 4) is 0 Å². The highest BCUT2D eigenvalue weighted by atomic mass is 16.2. The number of hydrogen-bond acceptors (Lipinski definition) is 4. The van der Waals surface area contributed by atoms with Crippen molar-refractivity contribution in [2.24, 2.45) is 0 Å². The fraction of sp³-hybridized carbons (Fsp3) is 0.278. The number of carbonyl (C=O) groups is 1. The number of pyridine rings is 1. The molecular formula is C18H19N5O2. The number of piperazine rings is 1. The molecule has 3 aromatic rings. The Kier molecular flexibility index (Phi) is 3.97. The molecular weight excluding hydrogens is 318 g/mol. The van der Waals surface area contributed by atoms with Crippen molar-refractivity contribution in [2.45, 2.75) is 6.42 Å². The highest BCUT2D eigenvalue weighted by molar-refractivity contribution is 5.81. The molecule has 0 bridgehead atoms. The first-order valence-electron chi connectivity index (χ1n) is 8.34. The van der Waals surface area contributed by atoms with Crippen molar-refractivity contribution in [3.05, 3.63) is 58.6 Å². The van der Waals surface area contributed by atoms with Gasteiger partial charge < -0.3 is 19.8 Å². The normalized spacial score (nSPS) is 14.9. The average molecular weight is 337 g/mol. The quantitative estimate of drug-likeness (QED) is 0.751. The molecule has 0 unspecified atom stereocenters. The third-order valence-electron chi connectivity index (χ3n) is 4.54. The van der Waals surface area contributed by atoms with Gasteiger partial charge in [0.15, 0.2) is 0 Å². The van der Waals surface area contributed by atoms with Gasteiger partial charge in [0.25, 0.3) is 0 Å². The first-order chi connectivity index (χ1) is 12.2. The summed E-state index contributed by atoms with van der Waals surface area (Å²) in [5.41, 5.74) is 2.16. The van der Waals surface area contributed by atoms with Gasteiger partial charge in [-0.25, -0.2) is 9.78 Å². The summed E-state index contributed by atoms with van der Waals surface area (Å²) in [6, 6.07) is 11.4. The molecule has 0 radical (unpaired) electrons. The molecule has 3 heterocycles. The summed E-state index contributed by atoms with van der Waals surface area (Å²) in [6.45, 7) is 2.96. The molecule has 0 atom stereocenters. The van der Waals surface area contributed by atoms with E-state index >= 15 is 0 Å². The Labute approximate surface area is 144 Å². The highest BCUT2D eigenvalue weighted by Gasteiger charge is 2.21. The van der Waals surface area contributed by atoms with Gasteiger partial charge in [-0.3, -0.25) is 4.79 Å². The van der Waals surface area contributed by atoms with Crippen LogP contribution >= 0.6 is 0 Å². The number of anilines is 1. The van der Waals surface area contributed by atoms with Gasteiger partial charge in [0.05, 0.1) is 17.5 Å². The third kappa shape index (κ3) is 3.26. The fourth-order valence-corrected chi connectivity index (χ4v) is 3.20. The van der Waals surface area contributed by atoms with Crippen LogP contribution in [0.3, 0.4) is 0 Å². The van der Waals surface area contributed by atoms with Gasteiger partial charge in [-0.05, 0) is 29.8 Å². The lowest BCUT2D eigenvalue weighted by Crippen LogP contribution is -2.49. The number of aromatic nitrogens is 3. The maximum atomic E-state index is 12.6. The van der Waals surface area contributed by atoms with Crippen LogP contribution in [0.25, 0.3) is 11.0 Å². The van der Waals surface area contributed by atoms with Crippen molar-refractivity contribution in [3.63, 3.8) is 0 Å². The lowest BCUT2D eigenvalue weighted by Gasteiger charge is -2.35. The Morgan fingerprint density at radius 3 is 2.60 bits per heavy atom. The SMILES string of the molecule is O=C(Cc1ccc2[nH]c(=O)[nH]c2c1)N1CCN(c2ccccn2)CC1. The number of imidazole rings is 1. The van der Waals surface area contributed by atoms with Gasteiger partial charge in [-0.15, -0.1) is 0 Å². The van der Waals surface area contributed by atoms with Gasteiger partial charge in [0.2, 0.25) is 5.91 Å². The summed E-state index contributed by atoms with van der Waals surface area (Å²) in [5, 5.41) is 0. The molecule has 2 aromatic heterocycles. The topological polar surface area (TPSA) is 85.1 Å². The molecule has 1 fully saturated rings. The highest BCUT2D eigenvalue weighted by Crippen LogP contribution is 2.15. The first kappa shape index (κ1) is 15.4. The summed E-state index contributed by atoms with van der Waals surface area (Å²) in [6.07, 6.45) is 2.13. The molecule has 4 rings (SSSR count). The fourth-order valence-electron chi connectivity index (χ4n) is 3.20. The van der Waals surface area contributed by atoms with E-state index in [4.69, 9.17) is 0 Å². The van der Waals surface area contributed by atoms with Crippen LogP contribution in [0.4, 0.5) is 5.82 Å². The average Bonchev–Trinajstić information content (AvgIpc) is 3.02. The number of hydrogen-bond donors (Lipinski definition) is 2. The number of rotatable bonds is 3. The molecule has 2 N–H and O–H groups in total. The van der Waals surface area contributed by atoms with Crippen LogP contribution in [-0.4, -0.2) is 51.9 Å². The molecule has 0 spiro atoms. The third-order valence-corrected chi connectivity index (χ3v) is 4.54. The van der Waals surface area contributed by atoms with Crippen LogP contribution < -0.4 is 10.6 Å². The molecule has 1 saturated heterocycles. The van der Waals surface area contributed by atoms with Crippen LogP contribution in [0, 0.1) is 0 Å². The predicted octanol–water partition coefficient (Wildman–Crippen LogP) is 1.14. The Morgan fingerprint density at radius 2 is 1.84 bits per heavy atom. The lowest BCUT2D eigenvalue weighted by molar-refractivity contribution is -0.130. The second-order valence-corrected chi connectivity index (χ2v) is 6.19. The Balaban J connectivity index is 1.39. The summed E-state index contributed by atoms with van der Waals surface area (Å²) in [5.74, 6) is 1.06. The first-order valence-corrected chi connectivity index (χ1v) is 8.34. The van der Waals surface area contributed by atoms with Gasteiger partial charge in [-0.1, -0.05) is 12.1 Å². The van der Waals surface area contributed by atoms with E-state index in [1.807, 2.05) is 41.3 Å². The number of carbonyl (C=O) groups excluding carboxylic acids is 1. The monoisotopic (exact) mass is 337 g/mol. The minimum atomic E-state index is -0.232. The van der Waals surface area contributed by atoms with Crippen LogP contribution in [0.2, 0.25) is 0 Å². The number of benzene rings is 1. The second-order valence-electron chi connectivity index (χ2n) is 6.19.